The van der Waals surface area contributed by atoms with E-state index < -0.39 is 6.85 Å². The van der Waals surface area contributed by atoms with E-state index in [0.717, 1.165) is 27.4 Å². The van der Waals surface area contributed by atoms with Crippen molar-refractivity contribution in [2.45, 2.75) is 19.7 Å². The second-order valence-corrected chi connectivity index (χ2v) is 11.3. The van der Waals surface area contributed by atoms with E-state index in [1.807, 2.05) is 102 Å². The molecule has 50 heavy (non-hydrogen) atoms. The number of benzene rings is 4. The van der Waals surface area contributed by atoms with E-state index in [1.165, 1.54) is 0 Å². The molecule has 0 saturated carbocycles. The van der Waals surface area contributed by atoms with Crippen molar-refractivity contribution in [2.75, 3.05) is 0 Å². The number of hydrogen-bond donors (Lipinski definition) is 0. The summed E-state index contributed by atoms with van der Waals surface area (Å²) >= 11 is 0. The number of aryl methyl sites for hydroxylation is 1. The Kier molecular flexibility index (Phi) is 7.51. The van der Waals surface area contributed by atoms with Gasteiger partial charge in [-0.3, -0.25) is 4.57 Å². The lowest BCUT2D eigenvalue weighted by Gasteiger charge is -2.11. The van der Waals surface area contributed by atoms with E-state index in [4.69, 9.17) is 33.0 Å². The van der Waals surface area contributed by atoms with Crippen LogP contribution in [0.5, 0.6) is 46.3 Å². The molecule has 0 amide bonds. The van der Waals surface area contributed by atoms with E-state index in [-0.39, 0.29) is 6.42 Å². The molecule has 0 N–H and O–H groups in total. The van der Waals surface area contributed by atoms with Gasteiger partial charge in [-0.15, -0.1) is 0 Å². The molecule has 0 aliphatic rings. The normalized spacial score (nSPS) is 12.2. The van der Waals surface area contributed by atoms with Gasteiger partial charge in [-0.1, -0.05) is 37.5 Å². The summed E-state index contributed by atoms with van der Waals surface area (Å²) in [6, 6.07) is 37.3. The lowest BCUT2D eigenvalue weighted by molar-refractivity contribution is 0.448. The molecule has 0 saturated heterocycles. The lowest BCUT2D eigenvalue weighted by atomic mass is 10.1. The summed E-state index contributed by atoms with van der Waals surface area (Å²) in [6.45, 7) is -2.04. The summed E-state index contributed by atoms with van der Waals surface area (Å²) in [5, 5.41) is 1.90. The maximum absolute atomic E-state index is 7.59. The SMILES string of the molecule is [2H]C([2H])([2H])CCc1cnc(-n2c3cc(Oc4cccc(Oc5ccccn5)c4)ccc3c3ccc(Oc4cccc(Oc5ccccn5)c4)cc32)nc1. The van der Waals surface area contributed by atoms with Crippen LogP contribution >= 0.6 is 0 Å². The highest BCUT2D eigenvalue weighted by Gasteiger charge is 2.17. The van der Waals surface area contributed by atoms with Crippen LogP contribution in [0, 0.1) is 0 Å². The topological polar surface area (TPSA) is 93.4 Å². The molecule has 8 rings (SSSR count). The van der Waals surface area contributed by atoms with Crippen molar-refractivity contribution in [3.05, 3.63) is 152 Å². The predicted molar refractivity (Wildman–Crippen MR) is 192 cm³/mol. The molecule has 4 aromatic carbocycles. The van der Waals surface area contributed by atoms with Crippen molar-refractivity contribution in [3.8, 4) is 52.2 Å². The van der Waals surface area contributed by atoms with Gasteiger partial charge in [0.25, 0.3) is 0 Å². The molecule has 244 valence electrons. The minimum Gasteiger partial charge on any atom is -0.457 e. The summed E-state index contributed by atoms with van der Waals surface area (Å²) in [5.41, 5.74) is 2.34. The Bertz CT molecular complexity index is 2370. The molecule has 0 radical (unpaired) electrons. The molecule has 9 heteroatoms. The van der Waals surface area contributed by atoms with Gasteiger partial charge in [0.1, 0.15) is 34.5 Å². The van der Waals surface area contributed by atoms with Crippen molar-refractivity contribution in [3.63, 3.8) is 0 Å². The number of pyridine rings is 2. The number of fused-ring (bicyclic) bond motifs is 3. The van der Waals surface area contributed by atoms with E-state index >= 15 is 0 Å². The molecular formula is C41H31N5O4. The minimum absolute atomic E-state index is 0.0364. The number of hydrogen-bond acceptors (Lipinski definition) is 8. The zero-order valence-corrected chi connectivity index (χ0v) is 26.6. The molecule has 0 bridgehead atoms. The predicted octanol–water partition coefficient (Wildman–Crippen LogP) is 10.5. The van der Waals surface area contributed by atoms with Gasteiger partial charge in [-0.25, -0.2) is 19.9 Å². The van der Waals surface area contributed by atoms with E-state index in [0.29, 0.717) is 58.6 Å². The Hall–Kier alpha value is -6.74. The van der Waals surface area contributed by atoms with Gasteiger partial charge in [0, 0.05) is 76.1 Å². The van der Waals surface area contributed by atoms with Crippen LogP contribution in [-0.2, 0) is 6.42 Å². The van der Waals surface area contributed by atoms with Crippen molar-refractivity contribution < 1.29 is 23.1 Å². The highest BCUT2D eigenvalue weighted by atomic mass is 16.5. The zero-order chi connectivity index (χ0) is 36.2. The van der Waals surface area contributed by atoms with Gasteiger partial charge in [-0.05, 0) is 72.6 Å². The summed E-state index contributed by atoms with van der Waals surface area (Å²) in [4.78, 5) is 17.9. The van der Waals surface area contributed by atoms with Crippen LogP contribution in [0.25, 0.3) is 27.8 Å². The zero-order valence-electron chi connectivity index (χ0n) is 29.6. The molecule has 0 fully saturated rings. The van der Waals surface area contributed by atoms with Crippen LogP contribution < -0.4 is 18.9 Å². The maximum Gasteiger partial charge on any atom is 0.234 e. The van der Waals surface area contributed by atoms with Crippen molar-refractivity contribution >= 4 is 21.8 Å². The number of aromatic nitrogens is 5. The van der Waals surface area contributed by atoms with Gasteiger partial charge in [-0.2, -0.15) is 0 Å². The fourth-order valence-electron chi connectivity index (χ4n) is 5.59. The van der Waals surface area contributed by atoms with Crippen molar-refractivity contribution in [1.29, 1.82) is 0 Å². The molecule has 9 nitrogen and oxygen atoms in total. The largest absolute Gasteiger partial charge is 0.457 e. The summed E-state index contributed by atoms with van der Waals surface area (Å²) < 4.78 is 49.2. The van der Waals surface area contributed by atoms with Gasteiger partial charge >= 0.3 is 0 Å². The third-order valence-corrected chi connectivity index (χ3v) is 7.82. The quantitative estimate of drug-likeness (QED) is 0.135. The number of nitrogens with zero attached hydrogens (tertiary/aromatic N) is 5. The highest BCUT2D eigenvalue weighted by molar-refractivity contribution is 6.09. The first-order valence-electron chi connectivity index (χ1n) is 17.5. The van der Waals surface area contributed by atoms with Gasteiger partial charge < -0.3 is 18.9 Å². The number of ether oxygens (including phenoxy) is 4. The average molecular weight is 661 g/mol. The third-order valence-electron chi connectivity index (χ3n) is 7.82. The summed E-state index contributed by atoms with van der Waals surface area (Å²) in [6.07, 6.45) is 7.07. The number of rotatable bonds is 11. The smallest absolute Gasteiger partial charge is 0.234 e. The van der Waals surface area contributed by atoms with Crippen molar-refractivity contribution in [1.82, 2.24) is 24.5 Å². The molecular weight excluding hydrogens is 626 g/mol. The van der Waals surface area contributed by atoms with E-state index in [9.17, 15) is 0 Å². The first kappa shape index (κ1) is 27.2. The Morgan fingerprint density at radius 1 is 0.520 bits per heavy atom. The molecule has 0 spiro atoms. The van der Waals surface area contributed by atoms with E-state index in [2.05, 4.69) is 9.97 Å². The summed E-state index contributed by atoms with van der Waals surface area (Å²) in [5.74, 6) is 4.89. The van der Waals surface area contributed by atoms with Gasteiger partial charge in [0.2, 0.25) is 17.7 Å². The maximum atomic E-state index is 7.59. The standard InChI is InChI=1S/C41H31N5O4/c1-2-9-28-26-44-41(45-27-28)46-37-24-33(47-29-10-7-12-31(22-29)49-39-14-3-5-20-42-39)16-18-35(37)36-19-17-34(25-38(36)46)48-30-11-8-13-32(23-30)50-40-15-4-6-21-43-40/h3-8,10-27H,2,9H2,1H3/i1D3. The highest BCUT2D eigenvalue weighted by Crippen LogP contribution is 2.38. The first-order valence-corrected chi connectivity index (χ1v) is 16.0. The Morgan fingerprint density at radius 3 is 1.50 bits per heavy atom. The molecule has 0 atom stereocenters. The molecule has 0 unspecified atom stereocenters. The molecule has 8 aromatic rings. The Balaban J connectivity index is 1.15. The lowest BCUT2D eigenvalue weighted by Crippen LogP contribution is -2.02. The first-order chi connectivity index (χ1) is 25.8. The fourth-order valence-corrected chi connectivity index (χ4v) is 5.59. The molecule has 0 aliphatic heterocycles. The monoisotopic (exact) mass is 660 g/mol. The Morgan fingerprint density at radius 2 is 1.02 bits per heavy atom. The van der Waals surface area contributed by atoms with Crippen LogP contribution in [0.15, 0.2) is 146 Å². The minimum atomic E-state index is -2.04. The van der Waals surface area contributed by atoms with Gasteiger partial charge in [0.15, 0.2) is 0 Å². The molecule has 0 aliphatic carbocycles. The average Bonchev–Trinajstić information content (AvgIpc) is 3.48. The summed E-state index contributed by atoms with van der Waals surface area (Å²) in [7, 11) is 0. The van der Waals surface area contributed by atoms with Gasteiger partial charge in [0.05, 0.1) is 11.0 Å². The second-order valence-electron chi connectivity index (χ2n) is 11.3. The van der Waals surface area contributed by atoms with Crippen LogP contribution in [0.4, 0.5) is 0 Å². The van der Waals surface area contributed by atoms with Crippen molar-refractivity contribution in [2.24, 2.45) is 0 Å². The van der Waals surface area contributed by atoms with Crippen LogP contribution in [-0.4, -0.2) is 24.5 Å². The Labute approximate surface area is 292 Å². The third kappa shape index (κ3) is 6.65. The second kappa shape index (κ2) is 13.8. The van der Waals surface area contributed by atoms with Crippen LogP contribution in [0.2, 0.25) is 0 Å². The van der Waals surface area contributed by atoms with Crippen LogP contribution in [0.1, 0.15) is 22.9 Å². The van der Waals surface area contributed by atoms with E-state index in [1.54, 1.807) is 49.1 Å². The van der Waals surface area contributed by atoms with Crippen LogP contribution in [0.3, 0.4) is 0 Å². The molecule has 4 heterocycles. The fraction of sp³-hybridized carbons (Fsp3) is 0.0732. The molecule has 4 aromatic heterocycles.